The molecule has 0 spiro atoms. The zero-order valence-electron chi connectivity index (χ0n) is 15.0. The molecule has 4 aromatic heterocycles. The Labute approximate surface area is 155 Å². The Bertz CT molecular complexity index is 1120. The smallest absolute Gasteiger partial charge is 0.244 e. The van der Waals surface area contributed by atoms with E-state index in [9.17, 15) is 0 Å². The quantitative estimate of drug-likeness (QED) is 0.577. The molecule has 1 saturated heterocycles. The van der Waals surface area contributed by atoms with Crippen LogP contribution in [0.1, 0.15) is 6.92 Å². The summed E-state index contributed by atoms with van der Waals surface area (Å²) in [7, 11) is 1.61. The third-order valence-electron chi connectivity index (χ3n) is 4.96. The van der Waals surface area contributed by atoms with Crippen LogP contribution in [0, 0.1) is 5.92 Å². The van der Waals surface area contributed by atoms with Crippen LogP contribution in [-0.2, 0) is 4.74 Å². The standard InChI is InChI=1S/C18H19N7O2/c1-11(13-9-27-10-13)21-17-22-16(26-2)15-14(3-5-25(15)23-17)12-7-20-18-19-4-6-24(18)8-12/h3-8,11,13H,9-10H2,1-2H3,(H,21,23)/t11-/m1/s1. The summed E-state index contributed by atoms with van der Waals surface area (Å²) in [6.07, 6.45) is 9.26. The van der Waals surface area contributed by atoms with E-state index in [1.807, 2.05) is 29.1 Å². The Morgan fingerprint density at radius 1 is 1.30 bits per heavy atom. The van der Waals surface area contributed by atoms with Crippen molar-refractivity contribution < 1.29 is 9.47 Å². The first-order valence-corrected chi connectivity index (χ1v) is 8.79. The van der Waals surface area contributed by atoms with Gasteiger partial charge in [-0.15, -0.1) is 5.10 Å². The number of nitrogens with one attached hydrogen (secondary N) is 1. The first-order chi connectivity index (χ1) is 13.2. The molecular formula is C18H19N7O2. The lowest BCUT2D eigenvalue weighted by molar-refractivity contribution is -0.0380. The van der Waals surface area contributed by atoms with Gasteiger partial charge in [0.25, 0.3) is 0 Å². The number of anilines is 1. The van der Waals surface area contributed by atoms with E-state index in [1.54, 1.807) is 24.0 Å². The van der Waals surface area contributed by atoms with E-state index < -0.39 is 0 Å². The molecule has 0 bridgehead atoms. The minimum absolute atomic E-state index is 0.226. The number of rotatable bonds is 5. The summed E-state index contributed by atoms with van der Waals surface area (Å²) in [6.45, 7) is 3.65. The van der Waals surface area contributed by atoms with Crippen molar-refractivity contribution in [3.8, 4) is 17.0 Å². The molecule has 9 heteroatoms. The van der Waals surface area contributed by atoms with Gasteiger partial charge in [-0.25, -0.2) is 14.5 Å². The van der Waals surface area contributed by atoms with Gasteiger partial charge in [0.2, 0.25) is 17.6 Å². The molecule has 5 rings (SSSR count). The van der Waals surface area contributed by atoms with Crippen molar-refractivity contribution in [3.63, 3.8) is 0 Å². The highest BCUT2D eigenvalue weighted by Crippen LogP contribution is 2.31. The number of ether oxygens (including phenoxy) is 2. The summed E-state index contributed by atoms with van der Waals surface area (Å²) >= 11 is 0. The average Bonchev–Trinajstić information content (AvgIpc) is 3.25. The van der Waals surface area contributed by atoms with E-state index in [0.29, 0.717) is 23.5 Å². The molecule has 1 N–H and O–H groups in total. The topological polar surface area (TPSA) is 90.9 Å². The highest BCUT2D eigenvalue weighted by atomic mass is 16.5. The first kappa shape index (κ1) is 16.0. The number of aromatic nitrogens is 6. The largest absolute Gasteiger partial charge is 0.479 e. The second-order valence-electron chi connectivity index (χ2n) is 6.67. The van der Waals surface area contributed by atoms with Crippen LogP contribution in [0.4, 0.5) is 5.95 Å². The van der Waals surface area contributed by atoms with Gasteiger partial charge in [-0.3, -0.25) is 4.40 Å². The van der Waals surface area contributed by atoms with Gasteiger partial charge in [-0.1, -0.05) is 0 Å². The van der Waals surface area contributed by atoms with Gasteiger partial charge in [0.1, 0.15) is 5.52 Å². The molecule has 1 fully saturated rings. The number of imidazole rings is 1. The maximum Gasteiger partial charge on any atom is 0.244 e. The minimum atomic E-state index is 0.226. The molecule has 1 aliphatic rings. The van der Waals surface area contributed by atoms with Crippen LogP contribution in [0.25, 0.3) is 22.4 Å². The number of hydrogen-bond acceptors (Lipinski definition) is 7. The van der Waals surface area contributed by atoms with Gasteiger partial charge in [-0.2, -0.15) is 4.98 Å². The SMILES string of the molecule is COc1nc(N[C@H](C)C2COC2)nn2ccc(-c3cnc4nccn4c3)c12. The minimum Gasteiger partial charge on any atom is -0.479 e. The fourth-order valence-corrected chi connectivity index (χ4v) is 3.25. The number of hydrogen-bond donors (Lipinski definition) is 1. The number of nitrogens with zero attached hydrogens (tertiary/aromatic N) is 6. The molecule has 5 heterocycles. The first-order valence-electron chi connectivity index (χ1n) is 8.79. The maximum atomic E-state index is 5.57. The van der Waals surface area contributed by atoms with Crippen LogP contribution in [-0.4, -0.2) is 55.3 Å². The van der Waals surface area contributed by atoms with Crippen LogP contribution in [0.2, 0.25) is 0 Å². The molecule has 0 aromatic carbocycles. The Kier molecular flexibility index (Phi) is 3.68. The highest BCUT2D eigenvalue weighted by molar-refractivity contribution is 5.84. The number of fused-ring (bicyclic) bond motifs is 2. The molecule has 1 atom stereocenters. The molecular weight excluding hydrogens is 346 g/mol. The normalized spacial score (nSPS) is 15.8. The van der Waals surface area contributed by atoms with Crippen molar-refractivity contribution >= 4 is 17.2 Å². The van der Waals surface area contributed by atoms with Crippen LogP contribution in [0.15, 0.2) is 37.1 Å². The Morgan fingerprint density at radius 2 is 2.19 bits per heavy atom. The third-order valence-corrected chi connectivity index (χ3v) is 4.96. The number of methoxy groups -OCH3 is 1. The summed E-state index contributed by atoms with van der Waals surface area (Å²) in [4.78, 5) is 13.1. The van der Waals surface area contributed by atoms with E-state index in [4.69, 9.17) is 9.47 Å². The molecule has 0 amide bonds. The van der Waals surface area contributed by atoms with E-state index in [2.05, 4.69) is 32.3 Å². The lowest BCUT2D eigenvalue weighted by atomic mass is 10.0. The van der Waals surface area contributed by atoms with E-state index >= 15 is 0 Å². The molecule has 0 aliphatic carbocycles. The van der Waals surface area contributed by atoms with E-state index in [-0.39, 0.29) is 6.04 Å². The van der Waals surface area contributed by atoms with Gasteiger partial charge < -0.3 is 14.8 Å². The van der Waals surface area contributed by atoms with Crippen molar-refractivity contribution in [3.05, 3.63) is 37.1 Å². The zero-order valence-corrected chi connectivity index (χ0v) is 15.0. The van der Waals surface area contributed by atoms with Gasteiger partial charge in [0.05, 0.1) is 20.3 Å². The summed E-state index contributed by atoms with van der Waals surface area (Å²) in [6, 6.07) is 2.21. The van der Waals surface area contributed by atoms with Crippen LogP contribution in [0.5, 0.6) is 5.88 Å². The highest BCUT2D eigenvalue weighted by Gasteiger charge is 2.26. The summed E-state index contributed by atoms with van der Waals surface area (Å²) < 4.78 is 14.5. The molecule has 27 heavy (non-hydrogen) atoms. The van der Waals surface area contributed by atoms with Crippen LogP contribution in [0.3, 0.4) is 0 Å². The van der Waals surface area contributed by atoms with Gasteiger partial charge in [0.15, 0.2) is 0 Å². The van der Waals surface area contributed by atoms with Gasteiger partial charge >= 0.3 is 0 Å². The van der Waals surface area contributed by atoms with Crippen molar-refractivity contribution in [1.29, 1.82) is 0 Å². The van der Waals surface area contributed by atoms with Crippen molar-refractivity contribution in [2.75, 3.05) is 25.6 Å². The van der Waals surface area contributed by atoms with Gasteiger partial charge in [0, 0.05) is 54.1 Å². The second kappa shape index (κ2) is 6.20. The predicted molar refractivity (Wildman–Crippen MR) is 98.9 cm³/mol. The van der Waals surface area contributed by atoms with Crippen molar-refractivity contribution in [1.82, 2.24) is 29.0 Å². The predicted octanol–water partition coefficient (Wildman–Crippen LogP) is 1.89. The molecule has 4 aromatic rings. The lowest BCUT2D eigenvalue weighted by Crippen LogP contribution is -2.40. The van der Waals surface area contributed by atoms with Crippen molar-refractivity contribution in [2.45, 2.75) is 13.0 Å². The Hall–Kier alpha value is -3.20. The van der Waals surface area contributed by atoms with Crippen LogP contribution < -0.4 is 10.1 Å². The fourth-order valence-electron chi connectivity index (χ4n) is 3.25. The van der Waals surface area contributed by atoms with E-state index in [1.165, 1.54) is 0 Å². The van der Waals surface area contributed by atoms with E-state index in [0.717, 1.165) is 29.9 Å². The zero-order chi connectivity index (χ0) is 18.4. The molecule has 9 nitrogen and oxygen atoms in total. The Balaban J connectivity index is 1.56. The monoisotopic (exact) mass is 365 g/mol. The Morgan fingerprint density at radius 3 is 2.96 bits per heavy atom. The van der Waals surface area contributed by atoms with Crippen molar-refractivity contribution in [2.24, 2.45) is 5.92 Å². The second-order valence-corrected chi connectivity index (χ2v) is 6.67. The fraction of sp³-hybridized carbons (Fsp3) is 0.333. The summed E-state index contributed by atoms with van der Waals surface area (Å²) in [5.41, 5.74) is 2.68. The van der Waals surface area contributed by atoms with Crippen LogP contribution >= 0.6 is 0 Å². The molecule has 0 radical (unpaired) electrons. The molecule has 0 saturated carbocycles. The molecule has 0 unspecified atom stereocenters. The summed E-state index contributed by atoms with van der Waals surface area (Å²) in [5, 5.41) is 7.95. The average molecular weight is 365 g/mol. The lowest BCUT2D eigenvalue weighted by Gasteiger charge is -2.31. The maximum absolute atomic E-state index is 5.57. The van der Waals surface area contributed by atoms with Gasteiger partial charge in [-0.05, 0) is 13.0 Å². The summed E-state index contributed by atoms with van der Waals surface area (Å²) in [5.74, 6) is 2.17. The molecule has 138 valence electrons. The molecule has 1 aliphatic heterocycles. The third kappa shape index (κ3) is 2.67.